The molecule has 0 radical (unpaired) electrons. The lowest BCUT2D eigenvalue weighted by Gasteiger charge is -2.29. The molecule has 0 aliphatic carbocycles. The molecule has 0 saturated heterocycles. The number of aliphatic hydroxyl groups excluding tert-OH is 1. The van der Waals surface area contributed by atoms with Crippen LogP contribution in [-0.2, 0) is 10.0 Å². The molecular formula is C15H22N2O3S. The minimum atomic E-state index is -3.65. The number of aryl methyl sites for hydroxylation is 1. The Kier molecular flexibility index (Phi) is 5.90. The van der Waals surface area contributed by atoms with Crippen molar-refractivity contribution in [3.63, 3.8) is 0 Å². The standard InChI is InChI=1S/C15H22N2O3S/c1-4-15(5-2,11-18)10-17-21(19,20)14-7-6-13(9-16)8-12(14)3/h6-8,17-18H,4-5,10-11H2,1-3H3. The summed E-state index contributed by atoms with van der Waals surface area (Å²) in [5.74, 6) is 0. The minimum absolute atomic E-state index is 0.0606. The number of sulfonamides is 1. The molecule has 1 rings (SSSR count). The number of nitrogens with one attached hydrogen (secondary N) is 1. The molecule has 0 fully saturated rings. The fraction of sp³-hybridized carbons (Fsp3) is 0.533. The first kappa shape index (κ1) is 17.6. The summed E-state index contributed by atoms with van der Waals surface area (Å²) in [6, 6.07) is 6.46. The lowest BCUT2D eigenvalue weighted by Crippen LogP contribution is -2.39. The van der Waals surface area contributed by atoms with Gasteiger partial charge in [0.25, 0.3) is 0 Å². The second-order valence-electron chi connectivity index (χ2n) is 5.28. The summed E-state index contributed by atoms with van der Waals surface area (Å²) in [6.07, 6.45) is 1.38. The molecule has 1 aromatic rings. The Morgan fingerprint density at radius 1 is 1.33 bits per heavy atom. The van der Waals surface area contributed by atoms with E-state index in [1.54, 1.807) is 13.0 Å². The normalized spacial score (nSPS) is 12.1. The van der Waals surface area contributed by atoms with Crippen LogP contribution >= 0.6 is 0 Å². The van der Waals surface area contributed by atoms with Gasteiger partial charge in [0.2, 0.25) is 10.0 Å². The second-order valence-corrected chi connectivity index (χ2v) is 7.02. The molecule has 0 atom stereocenters. The predicted molar refractivity (Wildman–Crippen MR) is 81.2 cm³/mol. The molecule has 0 aromatic heterocycles. The van der Waals surface area contributed by atoms with Gasteiger partial charge in [0.05, 0.1) is 16.5 Å². The van der Waals surface area contributed by atoms with E-state index in [4.69, 9.17) is 5.26 Å². The summed E-state index contributed by atoms with van der Waals surface area (Å²) >= 11 is 0. The number of hydrogen-bond acceptors (Lipinski definition) is 4. The second kappa shape index (κ2) is 7.03. The zero-order valence-electron chi connectivity index (χ0n) is 12.7. The maximum Gasteiger partial charge on any atom is 0.240 e. The van der Waals surface area contributed by atoms with Gasteiger partial charge < -0.3 is 5.11 Å². The summed E-state index contributed by atoms with van der Waals surface area (Å²) in [5, 5.41) is 18.3. The summed E-state index contributed by atoms with van der Waals surface area (Å²) < 4.78 is 27.3. The zero-order valence-corrected chi connectivity index (χ0v) is 13.5. The lowest BCUT2D eigenvalue weighted by molar-refractivity contribution is 0.119. The van der Waals surface area contributed by atoms with Crippen LogP contribution in [0.3, 0.4) is 0 Å². The first-order valence-corrected chi connectivity index (χ1v) is 8.43. The highest BCUT2D eigenvalue weighted by Gasteiger charge is 2.28. The molecule has 0 heterocycles. The molecule has 0 spiro atoms. The van der Waals surface area contributed by atoms with Gasteiger partial charge in [0.1, 0.15) is 0 Å². The summed E-state index contributed by atoms with van der Waals surface area (Å²) in [6.45, 7) is 5.66. The molecule has 0 aliphatic heterocycles. The van der Waals surface area contributed by atoms with Crippen LogP contribution < -0.4 is 4.72 Å². The number of benzene rings is 1. The fourth-order valence-electron chi connectivity index (χ4n) is 2.13. The van der Waals surface area contributed by atoms with E-state index in [2.05, 4.69) is 4.72 Å². The van der Waals surface area contributed by atoms with Crippen molar-refractivity contribution in [3.8, 4) is 6.07 Å². The van der Waals surface area contributed by atoms with E-state index in [1.165, 1.54) is 12.1 Å². The summed E-state index contributed by atoms with van der Waals surface area (Å²) in [5.41, 5.74) is 0.524. The van der Waals surface area contributed by atoms with E-state index in [1.807, 2.05) is 19.9 Å². The Morgan fingerprint density at radius 2 is 1.95 bits per heavy atom. The van der Waals surface area contributed by atoms with Gasteiger partial charge in [0, 0.05) is 18.6 Å². The average Bonchev–Trinajstić information content (AvgIpc) is 2.48. The molecule has 2 N–H and O–H groups in total. The zero-order chi connectivity index (χ0) is 16.1. The van der Waals surface area contributed by atoms with Crippen molar-refractivity contribution in [2.45, 2.75) is 38.5 Å². The molecular weight excluding hydrogens is 288 g/mol. The maximum atomic E-state index is 12.4. The van der Waals surface area contributed by atoms with Crippen LogP contribution in [0.5, 0.6) is 0 Å². The van der Waals surface area contributed by atoms with Crippen LogP contribution in [0, 0.1) is 23.7 Å². The Bertz CT molecular complexity index is 621. The summed E-state index contributed by atoms with van der Waals surface area (Å²) in [4.78, 5) is 0.167. The molecule has 0 amide bonds. The van der Waals surface area contributed by atoms with Gasteiger partial charge >= 0.3 is 0 Å². The van der Waals surface area contributed by atoms with Crippen molar-refractivity contribution in [2.75, 3.05) is 13.2 Å². The van der Waals surface area contributed by atoms with E-state index >= 15 is 0 Å². The lowest BCUT2D eigenvalue weighted by atomic mass is 9.84. The number of hydrogen-bond donors (Lipinski definition) is 2. The van der Waals surface area contributed by atoms with Crippen LogP contribution in [0.2, 0.25) is 0 Å². The molecule has 0 saturated carbocycles. The van der Waals surface area contributed by atoms with E-state index in [9.17, 15) is 13.5 Å². The Morgan fingerprint density at radius 3 is 2.38 bits per heavy atom. The van der Waals surface area contributed by atoms with Gasteiger partial charge in [-0.15, -0.1) is 0 Å². The van der Waals surface area contributed by atoms with E-state index in [-0.39, 0.29) is 18.0 Å². The molecule has 0 aliphatic rings. The topological polar surface area (TPSA) is 90.2 Å². The van der Waals surface area contributed by atoms with Gasteiger partial charge in [-0.3, -0.25) is 0 Å². The first-order valence-electron chi connectivity index (χ1n) is 6.95. The third-order valence-corrected chi connectivity index (χ3v) is 5.63. The highest BCUT2D eigenvalue weighted by molar-refractivity contribution is 7.89. The van der Waals surface area contributed by atoms with Crippen molar-refractivity contribution in [1.29, 1.82) is 5.26 Å². The van der Waals surface area contributed by atoms with Crippen LogP contribution in [0.15, 0.2) is 23.1 Å². The van der Waals surface area contributed by atoms with Crippen molar-refractivity contribution in [2.24, 2.45) is 5.41 Å². The van der Waals surface area contributed by atoms with Gasteiger partial charge in [-0.2, -0.15) is 5.26 Å². The number of rotatable bonds is 7. The third kappa shape index (κ3) is 4.03. The monoisotopic (exact) mass is 310 g/mol. The van der Waals surface area contributed by atoms with Gasteiger partial charge in [-0.25, -0.2) is 13.1 Å². The fourth-order valence-corrected chi connectivity index (χ4v) is 3.51. The van der Waals surface area contributed by atoms with Crippen molar-refractivity contribution in [1.82, 2.24) is 4.72 Å². The average molecular weight is 310 g/mol. The first-order chi connectivity index (χ1) is 9.84. The smallest absolute Gasteiger partial charge is 0.240 e. The highest BCUT2D eigenvalue weighted by atomic mass is 32.2. The summed E-state index contributed by atoms with van der Waals surface area (Å²) in [7, 11) is -3.65. The SMILES string of the molecule is CCC(CC)(CO)CNS(=O)(=O)c1ccc(C#N)cc1C. The van der Waals surface area contributed by atoms with Crippen LogP contribution in [0.4, 0.5) is 0 Å². The van der Waals surface area contributed by atoms with Crippen molar-refractivity contribution in [3.05, 3.63) is 29.3 Å². The van der Waals surface area contributed by atoms with Gasteiger partial charge in [-0.05, 0) is 43.5 Å². The van der Waals surface area contributed by atoms with Crippen molar-refractivity contribution < 1.29 is 13.5 Å². The van der Waals surface area contributed by atoms with E-state index in [0.717, 1.165) is 0 Å². The molecule has 5 nitrogen and oxygen atoms in total. The minimum Gasteiger partial charge on any atom is -0.396 e. The van der Waals surface area contributed by atoms with Gasteiger partial charge in [-0.1, -0.05) is 13.8 Å². The maximum absolute atomic E-state index is 12.4. The predicted octanol–water partition coefficient (Wildman–Crippen LogP) is 1.94. The van der Waals surface area contributed by atoms with Crippen LogP contribution in [0.1, 0.15) is 37.8 Å². The molecule has 0 bridgehead atoms. The third-order valence-electron chi connectivity index (χ3n) is 4.07. The highest BCUT2D eigenvalue weighted by Crippen LogP contribution is 2.25. The van der Waals surface area contributed by atoms with Crippen LogP contribution in [-0.4, -0.2) is 26.7 Å². The van der Waals surface area contributed by atoms with E-state index < -0.39 is 15.4 Å². The van der Waals surface area contributed by atoms with E-state index in [0.29, 0.717) is 24.0 Å². The Hall–Kier alpha value is -1.42. The quantitative estimate of drug-likeness (QED) is 0.805. The van der Waals surface area contributed by atoms with Gasteiger partial charge in [0.15, 0.2) is 0 Å². The Balaban J connectivity index is 3.00. The molecule has 21 heavy (non-hydrogen) atoms. The number of aliphatic hydroxyl groups is 1. The molecule has 0 unspecified atom stereocenters. The Labute approximate surface area is 126 Å². The largest absolute Gasteiger partial charge is 0.396 e. The molecule has 116 valence electrons. The number of nitriles is 1. The molecule has 6 heteroatoms. The van der Waals surface area contributed by atoms with Crippen LogP contribution in [0.25, 0.3) is 0 Å². The van der Waals surface area contributed by atoms with Crippen molar-refractivity contribution >= 4 is 10.0 Å². The number of nitrogens with zero attached hydrogens (tertiary/aromatic N) is 1. The molecule has 1 aromatic carbocycles.